The van der Waals surface area contributed by atoms with Crippen LogP contribution in [0.1, 0.15) is 5.56 Å². The molecular weight excluding hydrogens is 199 g/mol. The maximum absolute atomic E-state index is 4.90. The minimum atomic E-state index is 0.903. The maximum atomic E-state index is 4.90. The second-order valence-corrected chi connectivity index (χ2v) is 2.81. The van der Waals surface area contributed by atoms with Gasteiger partial charge in [0, 0.05) is 17.5 Å². The van der Waals surface area contributed by atoms with Gasteiger partial charge in [0.1, 0.15) is 0 Å². The lowest BCUT2D eigenvalue weighted by Gasteiger charge is -1.88. The number of halogens is 2. The molecule has 0 radical (unpaired) electrons. The second kappa shape index (κ2) is 3.23. The zero-order chi connectivity index (χ0) is 6.69. The zero-order valence-electron chi connectivity index (χ0n) is 4.80. The van der Waals surface area contributed by atoms with Crippen LogP contribution in [0.5, 0.6) is 0 Å². The lowest BCUT2D eigenvalue weighted by atomic mass is 10.2. The van der Waals surface area contributed by atoms with Crippen LogP contribution in [0.2, 0.25) is 5.02 Å². The topological polar surface area (TPSA) is 0 Å². The fraction of sp³-hybridized carbons (Fsp3) is 0.143. The van der Waals surface area contributed by atoms with E-state index in [-0.39, 0.29) is 0 Å². The number of hydrogen-bond acceptors (Lipinski definition) is 0. The third-order valence-corrected chi connectivity index (χ3v) is 2.00. The first kappa shape index (κ1) is 7.10. The van der Waals surface area contributed by atoms with Gasteiger partial charge >= 0.3 is 0 Å². The Morgan fingerprint density at radius 3 is 2.22 bits per heavy atom. The molecule has 0 aliphatic heterocycles. The van der Waals surface area contributed by atoms with E-state index in [0.717, 1.165) is 10.4 Å². The van der Waals surface area contributed by atoms with Gasteiger partial charge in [0.05, 0.1) is 0 Å². The van der Waals surface area contributed by atoms with Crippen LogP contribution in [0.15, 0.2) is 24.3 Å². The van der Waals surface area contributed by atoms with Gasteiger partial charge < -0.3 is 0 Å². The molecule has 0 atom stereocenters. The Labute approximate surface area is 68.0 Å². The molecule has 0 aromatic heterocycles. The monoisotopic (exact) mass is 205 g/mol. The van der Waals surface area contributed by atoms with Crippen molar-refractivity contribution in [3.8, 4) is 0 Å². The van der Waals surface area contributed by atoms with Crippen LogP contribution in [-0.4, -0.2) is 0 Å². The van der Waals surface area contributed by atoms with Crippen LogP contribution >= 0.6 is 15.9 Å². The van der Waals surface area contributed by atoms with E-state index in [4.69, 9.17) is 11.6 Å². The number of benzene rings is 1. The van der Waals surface area contributed by atoms with Crippen molar-refractivity contribution in [1.29, 1.82) is 0 Å². The van der Waals surface area contributed by atoms with Crippen molar-refractivity contribution in [1.82, 2.24) is 0 Å². The Kier molecular flexibility index (Phi) is 2.55. The fourth-order valence-corrected chi connectivity index (χ4v) is 1.09. The molecule has 0 nitrogen and oxygen atoms in total. The molecule has 0 spiro atoms. The predicted molar refractivity (Wildman–Crippen MR) is 39.6 cm³/mol. The largest absolute Gasteiger partial charge is 0.225 e. The highest BCUT2D eigenvalue weighted by Gasteiger charge is 1.93. The van der Waals surface area contributed by atoms with Crippen molar-refractivity contribution in [3.63, 3.8) is 0 Å². The van der Waals surface area contributed by atoms with E-state index in [1.54, 1.807) is 0 Å². The van der Waals surface area contributed by atoms with Gasteiger partial charge in [-0.05, 0) is 5.56 Å². The molecule has 2 heteroatoms. The first-order chi connectivity index (χ1) is 4.33. The van der Waals surface area contributed by atoms with Gasteiger partial charge in [-0.2, -0.15) is 0 Å². The van der Waals surface area contributed by atoms with Crippen LogP contribution in [0, 0.1) is 11.6 Å². The lowest BCUT2D eigenvalue weighted by molar-refractivity contribution is -0.288. The average molecular weight is 206 g/mol. The van der Waals surface area contributed by atoms with Gasteiger partial charge in [-0.1, -0.05) is 28.1 Å². The number of alkyl halides is 1. The van der Waals surface area contributed by atoms with Crippen molar-refractivity contribution >= 4 is 15.9 Å². The first-order valence-electron chi connectivity index (χ1n) is 2.65. The quantitative estimate of drug-likeness (QED) is 0.619. The Hall–Kier alpha value is -0.0100. The lowest BCUT2D eigenvalue weighted by Crippen LogP contribution is -1.74. The smallest absolute Gasteiger partial charge is 0.0876 e. The molecule has 48 valence electrons. The van der Waals surface area contributed by atoms with E-state index in [0.29, 0.717) is 0 Å². The molecule has 0 saturated heterocycles. The molecule has 0 fully saturated rings. The van der Waals surface area contributed by atoms with Crippen LogP contribution in [0.3, 0.4) is 0 Å². The van der Waals surface area contributed by atoms with Gasteiger partial charge in [0.25, 0.3) is 0 Å². The van der Waals surface area contributed by atoms with Gasteiger partial charge in [-0.25, -0.2) is 0 Å². The van der Waals surface area contributed by atoms with E-state index in [1.807, 2.05) is 24.3 Å². The minimum absolute atomic E-state index is 0.903. The Morgan fingerprint density at radius 2 is 1.78 bits per heavy atom. The summed E-state index contributed by atoms with van der Waals surface area (Å²) >= 11 is 8.25. The third-order valence-electron chi connectivity index (χ3n) is 1.08. The molecule has 1 aromatic rings. The van der Waals surface area contributed by atoms with Crippen LogP contribution in [-0.2, 0) is 5.33 Å². The van der Waals surface area contributed by atoms with Gasteiger partial charge in [0.2, 0.25) is 5.02 Å². The van der Waals surface area contributed by atoms with Crippen molar-refractivity contribution in [2.45, 2.75) is 5.33 Å². The number of hydrogen-bond donors (Lipinski definition) is 0. The van der Waals surface area contributed by atoms with Gasteiger partial charge in [0.15, 0.2) is 11.6 Å². The van der Waals surface area contributed by atoms with E-state index in [9.17, 15) is 0 Å². The summed E-state index contributed by atoms with van der Waals surface area (Å²) in [5.41, 5.74) is 1.27. The fourth-order valence-electron chi connectivity index (χ4n) is 0.579. The summed E-state index contributed by atoms with van der Waals surface area (Å²) in [6.45, 7) is 0. The Balaban J connectivity index is 2.88. The van der Waals surface area contributed by atoms with Crippen molar-refractivity contribution in [2.75, 3.05) is 0 Å². The molecule has 0 aliphatic carbocycles. The molecule has 1 aromatic carbocycles. The summed E-state index contributed by atoms with van der Waals surface area (Å²) in [6, 6.07) is 7.92. The molecule has 0 unspecified atom stereocenters. The molecular formula is C7H7BrCl+. The molecule has 0 N–H and O–H groups in total. The number of rotatable bonds is 1. The Morgan fingerprint density at radius 1 is 1.22 bits per heavy atom. The summed E-state index contributed by atoms with van der Waals surface area (Å²) in [5, 5.41) is 1.81. The highest BCUT2D eigenvalue weighted by Crippen LogP contribution is 2.07. The van der Waals surface area contributed by atoms with Gasteiger partial charge in [-0.3, -0.25) is 0 Å². The Bertz CT molecular complexity index is 181. The predicted octanol–water partition coefficient (Wildman–Crippen LogP) is 2.28. The molecule has 9 heavy (non-hydrogen) atoms. The van der Waals surface area contributed by atoms with E-state index < -0.39 is 0 Å². The summed E-state index contributed by atoms with van der Waals surface area (Å²) in [4.78, 5) is 0. The molecule has 0 aliphatic rings. The summed E-state index contributed by atoms with van der Waals surface area (Å²) < 4.78 is 0. The molecule has 0 amide bonds. The molecule has 0 saturated carbocycles. The van der Waals surface area contributed by atoms with Crippen LogP contribution < -0.4 is 0 Å². The SMILES string of the molecule is [ClH+]c1ccc(CBr)cc1. The molecule has 0 bridgehead atoms. The molecule has 1 rings (SSSR count). The van der Waals surface area contributed by atoms with Crippen LogP contribution in [0.25, 0.3) is 0 Å². The molecule has 0 heterocycles. The second-order valence-electron chi connectivity index (χ2n) is 1.78. The summed E-state index contributed by atoms with van der Waals surface area (Å²) in [6.07, 6.45) is 0. The third kappa shape index (κ3) is 1.99. The highest BCUT2D eigenvalue weighted by atomic mass is 79.9. The van der Waals surface area contributed by atoms with Crippen molar-refractivity contribution in [3.05, 3.63) is 34.9 Å². The zero-order valence-corrected chi connectivity index (χ0v) is 7.21. The van der Waals surface area contributed by atoms with Gasteiger partial charge in [-0.15, -0.1) is 0 Å². The van der Waals surface area contributed by atoms with Crippen molar-refractivity contribution in [2.24, 2.45) is 0 Å². The summed E-state index contributed by atoms with van der Waals surface area (Å²) in [7, 11) is 0. The highest BCUT2D eigenvalue weighted by molar-refractivity contribution is 9.08. The van der Waals surface area contributed by atoms with Crippen molar-refractivity contribution < 1.29 is 11.6 Å². The average Bonchev–Trinajstić information content (AvgIpc) is 1.90. The van der Waals surface area contributed by atoms with E-state index in [1.165, 1.54) is 5.56 Å². The standard InChI is InChI=1S/C7H7BrCl/c8-5-6-1-3-7(9)4-2-6/h1-4,9H,5H2/q+1. The van der Waals surface area contributed by atoms with E-state index in [2.05, 4.69) is 15.9 Å². The van der Waals surface area contributed by atoms with E-state index >= 15 is 0 Å². The van der Waals surface area contributed by atoms with Crippen LogP contribution in [0.4, 0.5) is 0 Å². The maximum Gasteiger partial charge on any atom is 0.225 e. The summed E-state index contributed by atoms with van der Waals surface area (Å²) in [5.74, 6) is 0. The first-order valence-corrected chi connectivity index (χ1v) is 4.18. The normalized spacial score (nSPS) is 9.56. The minimum Gasteiger partial charge on any atom is -0.0876 e.